The SMILES string of the molecule is CC(C)[C@H](NC(=O)[C@H](CS)NC(=O)[C@H](C)NC(=O)[C@@H](CO)Nc1c2ccccc2nc2ccccc12)C(=O)O. The number of nitrogens with zero attached hydrogens (tertiary/aromatic N) is 1. The molecule has 11 nitrogen and oxygen atoms in total. The summed E-state index contributed by atoms with van der Waals surface area (Å²) in [6.45, 7) is 4.17. The largest absolute Gasteiger partial charge is 0.480 e. The second-order valence-electron chi connectivity index (χ2n) is 9.44. The summed E-state index contributed by atoms with van der Waals surface area (Å²) in [5.41, 5.74) is 2.04. The van der Waals surface area contributed by atoms with E-state index >= 15 is 0 Å². The molecule has 0 radical (unpaired) electrons. The van der Waals surface area contributed by atoms with E-state index in [2.05, 4.69) is 38.9 Å². The molecule has 1 aromatic heterocycles. The third-order valence-electron chi connectivity index (χ3n) is 6.20. The van der Waals surface area contributed by atoms with Gasteiger partial charge < -0.3 is 31.5 Å². The predicted molar refractivity (Wildman–Crippen MR) is 152 cm³/mol. The van der Waals surface area contributed by atoms with Crippen molar-refractivity contribution in [3.63, 3.8) is 0 Å². The van der Waals surface area contributed by atoms with Crippen LogP contribution < -0.4 is 21.3 Å². The first-order valence-electron chi connectivity index (χ1n) is 12.5. The minimum Gasteiger partial charge on any atom is -0.480 e. The van der Waals surface area contributed by atoms with Crippen LogP contribution in [-0.2, 0) is 19.2 Å². The van der Waals surface area contributed by atoms with Gasteiger partial charge in [-0.2, -0.15) is 12.6 Å². The molecule has 1 heterocycles. The molecule has 0 aliphatic carbocycles. The van der Waals surface area contributed by atoms with Gasteiger partial charge in [-0.05, 0) is 25.0 Å². The molecule has 0 fully saturated rings. The zero-order chi connectivity index (χ0) is 28.7. The number of anilines is 1. The molecule has 4 atom stereocenters. The van der Waals surface area contributed by atoms with Crippen molar-refractivity contribution in [2.75, 3.05) is 17.7 Å². The van der Waals surface area contributed by atoms with Gasteiger partial charge in [-0.15, -0.1) is 0 Å². The molecule has 0 spiro atoms. The Morgan fingerprint density at radius 1 is 0.821 bits per heavy atom. The maximum atomic E-state index is 13.1. The first-order valence-corrected chi connectivity index (χ1v) is 13.1. The second kappa shape index (κ2) is 13.3. The van der Waals surface area contributed by atoms with E-state index in [1.165, 1.54) is 6.92 Å². The molecule has 2 aromatic carbocycles. The van der Waals surface area contributed by atoms with Crippen molar-refractivity contribution in [2.24, 2.45) is 5.92 Å². The first kappa shape index (κ1) is 29.7. The van der Waals surface area contributed by atoms with Crippen molar-refractivity contribution >= 4 is 63.8 Å². The number of para-hydroxylation sites is 2. The summed E-state index contributed by atoms with van der Waals surface area (Å²) in [7, 11) is 0. The zero-order valence-electron chi connectivity index (χ0n) is 21.8. The van der Waals surface area contributed by atoms with Gasteiger partial charge in [0.25, 0.3) is 0 Å². The van der Waals surface area contributed by atoms with E-state index in [-0.39, 0.29) is 11.7 Å². The number of pyridine rings is 1. The number of carboxylic acids is 1. The van der Waals surface area contributed by atoms with Gasteiger partial charge in [0.1, 0.15) is 24.2 Å². The summed E-state index contributed by atoms with van der Waals surface area (Å²) in [6, 6.07) is 10.4. The van der Waals surface area contributed by atoms with Gasteiger partial charge in [0.05, 0.1) is 23.3 Å². The topological polar surface area (TPSA) is 170 Å². The van der Waals surface area contributed by atoms with Crippen LogP contribution >= 0.6 is 12.6 Å². The number of rotatable bonds is 12. The Hall–Kier alpha value is -3.90. The summed E-state index contributed by atoms with van der Waals surface area (Å²) in [4.78, 5) is 54.5. The highest BCUT2D eigenvalue weighted by atomic mass is 32.1. The normalized spacial score (nSPS) is 14.3. The number of hydrogen-bond donors (Lipinski definition) is 7. The van der Waals surface area contributed by atoms with E-state index in [1.54, 1.807) is 13.8 Å². The lowest BCUT2D eigenvalue weighted by molar-refractivity contribution is -0.143. The van der Waals surface area contributed by atoms with E-state index in [0.29, 0.717) is 16.7 Å². The zero-order valence-corrected chi connectivity index (χ0v) is 22.7. The molecule has 3 rings (SSSR count). The van der Waals surface area contributed by atoms with Crippen molar-refractivity contribution in [3.05, 3.63) is 48.5 Å². The molecule has 12 heteroatoms. The average molecular weight is 556 g/mol. The smallest absolute Gasteiger partial charge is 0.326 e. The van der Waals surface area contributed by atoms with Crippen molar-refractivity contribution in [1.29, 1.82) is 0 Å². The Morgan fingerprint density at radius 2 is 1.36 bits per heavy atom. The molecule has 0 aliphatic heterocycles. The second-order valence-corrected chi connectivity index (χ2v) is 9.81. The number of carboxylic acid groups (broad SMARTS) is 1. The monoisotopic (exact) mass is 555 g/mol. The van der Waals surface area contributed by atoms with Crippen molar-refractivity contribution in [2.45, 2.75) is 44.9 Å². The summed E-state index contributed by atoms with van der Waals surface area (Å²) in [5, 5.41) is 31.4. The number of benzene rings is 2. The number of aliphatic carboxylic acids is 1. The summed E-state index contributed by atoms with van der Waals surface area (Å²) < 4.78 is 0. The Kier molecular flexibility index (Phi) is 10.1. The number of amides is 3. The van der Waals surface area contributed by atoms with E-state index in [4.69, 9.17) is 0 Å². The highest BCUT2D eigenvalue weighted by Gasteiger charge is 2.30. The van der Waals surface area contributed by atoms with E-state index in [9.17, 15) is 29.4 Å². The summed E-state index contributed by atoms with van der Waals surface area (Å²) in [5.74, 6) is -3.68. The van der Waals surface area contributed by atoms with Crippen molar-refractivity contribution < 1.29 is 29.4 Å². The first-order chi connectivity index (χ1) is 18.6. The van der Waals surface area contributed by atoms with Gasteiger partial charge in [-0.3, -0.25) is 14.4 Å². The van der Waals surface area contributed by atoms with E-state index in [1.807, 2.05) is 48.5 Å². The molecule has 6 N–H and O–H groups in total. The van der Waals surface area contributed by atoms with Crippen LogP contribution in [0.1, 0.15) is 20.8 Å². The highest BCUT2D eigenvalue weighted by Crippen LogP contribution is 2.31. The van der Waals surface area contributed by atoms with Crippen LogP contribution in [0.2, 0.25) is 0 Å². The molecular weight excluding hydrogens is 522 g/mol. The predicted octanol–water partition coefficient (Wildman–Crippen LogP) is 1.31. The van der Waals surface area contributed by atoms with Crippen molar-refractivity contribution in [3.8, 4) is 0 Å². The maximum Gasteiger partial charge on any atom is 0.326 e. The lowest BCUT2D eigenvalue weighted by atomic mass is 10.0. The average Bonchev–Trinajstić information content (AvgIpc) is 2.91. The van der Waals surface area contributed by atoms with Crippen LogP contribution in [0.4, 0.5) is 5.69 Å². The Bertz CT molecular complexity index is 1310. The van der Waals surface area contributed by atoms with E-state index < -0.39 is 54.5 Å². The number of fused-ring (bicyclic) bond motifs is 2. The van der Waals surface area contributed by atoms with Crippen LogP contribution in [0.15, 0.2) is 48.5 Å². The number of aromatic nitrogens is 1. The summed E-state index contributed by atoms with van der Waals surface area (Å²) in [6.07, 6.45) is 0. The number of aliphatic hydroxyl groups is 1. The molecular formula is C27H33N5O6S. The molecule has 0 unspecified atom stereocenters. The quantitative estimate of drug-likeness (QED) is 0.130. The fourth-order valence-corrected chi connectivity index (χ4v) is 4.26. The molecule has 208 valence electrons. The Labute approximate surface area is 231 Å². The van der Waals surface area contributed by atoms with Crippen LogP contribution in [0.3, 0.4) is 0 Å². The van der Waals surface area contributed by atoms with Gasteiger partial charge in [0, 0.05) is 16.5 Å². The number of thiol groups is 1. The molecule has 0 bridgehead atoms. The minimum absolute atomic E-state index is 0.0916. The lowest BCUT2D eigenvalue weighted by Gasteiger charge is -2.25. The Balaban J connectivity index is 1.71. The van der Waals surface area contributed by atoms with Crippen LogP contribution in [-0.4, -0.2) is 75.4 Å². The van der Waals surface area contributed by atoms with Gasteiger partial charge in [0.2, 0.25) is 17.7 Å². The van der Waals surface area contributed by atoms with Crippen LogP contribution in [0.25, 0.3) is 21.8 Å². The molecule has 3 amide bonds. The van der Waals surface area contributed by atoms with Gasteiger partial charge in [0.15, 0.2) is 0 Å². The standard InChI is InChI=1S/C27H33N5O6S/c1-14(2)22(27(37)38)32-26(36)21(13-39)31-24(34)15(3)28-25(35)20(12-33)30-23-16-8-4-6-10-18(16)29-19-11-7-5-9-17(19)23/h4-11,14-15,20-22,33,39H,12-13H2,1-3H3,(H,28,35)(H,29,30)(H,31,34)(H,32,36)(H,37,38)/t15-,20+,21-,22-/m0/s1. The number of carbonyl (C=O) groups is 4. The number of carbonyl (C=O) groups excluding carboxylic acids is 3. The fraction of sp³-hybridized carbons (Fsp3) is 0.370. The third kappa shape index (κ3) is 7.15. The number of aliphatic hydroxyl groups excluding tert-OH is 1. The molecule has 0 aliphatic rings. The molecule has 39 heavy (non-hydrogen) atoms. The molecule has 0 saturated carbocycles. The number of hydrogen-bond acceptors (Lipinski definition) is 8. The summed E-state index contributed by atoms with van der Waals surface area (Å²) >= 11 is 4.10. The molecule has 3 aromatic rings. The highest BCUT2D eigenvalue weighted by molar-refractivity contribution is 7.80. The lowest BCUT2D eigenvalue weighted by Crippen LogP contribution is -2.57. The minimum atomic E-state index is -1.19. The maximum absolute atomic E-state index is 13.1. The number of nitrogens with one attached hydrogen (secondary N) is 4. The Morgan fingerprint density at radius 3 is 1.85 bits per heavy atom. The van der Waals surface area contributed by atoms with Crippen LogP contribution in [0, 0.1) is 5.92 Å². The van der Waals surface area contributed by atoms with Crippen molar-refractivity contribution in [1.82, 2.24) is 20.9 Å². The molecule has 0 saturated heterocycles. The van der Waals surface area contributed by atoms with Crippen LogP contribution in [0.5, 0.6) is 0 Å². The third-order valence-corrected chi connectivity index (χ3v) is 6.57. The van der Waals surface area contributed by atoms with Gasteiger partial charge >= 0.3 is 5.97 Å². The van der Waals surface area contributed by atoms with Gasteiger partial charge in [-0.1, -0.05) is 50.2 Å². The fourth-order valence-electron chi connectivity index (χ4n) is 4.00. The van der Waals surface area contributed by atoms with E-state index in [0.717, 1.165) is 10.8 Å². The van der Waals surface area contributed by atoms with Gasteiger partial charge in [-0.25, -0.2) is 9.78 Å².